The average molecular weight is 489 g/mol. The molecule has 0 radical (unpaired) electrons. The molecule has 1 atom stereocenters. The number of nitrogens with two attached hydrogens (primary N) is 1. The molecule has 0 saturated heterocycles. The summed E-state index contributed by atoms with van der Waals surface area (Å²) < 4.78 is 62.3. The molecule has 0 aliphatic rings. The Balaban J connectivity index is 2.20. The molecule has 1 heterocycles. The van der Waals surface area contributed by atoms with E-state index in [4.69, 9.17) is 15.2 Å². The zero-order valence-electron chi connectivity index (χ0n) is 18.1. The van der Waals surface area contributed by atoms with Crippen LogP contribution < -0.4 is 15.8 Å². The van der Waals surface area contributed by atoms with Crippen molar-refractivity contribution in [1.82, 2.24) is 9.97 Å². The summed E-state index contributed by atoms with van der Waals surface area (Å²) in [5.41, 5.74) is 5.58. The van der Waals surface area contributed by atoms with E-state index in [-0.39, 0.29) is 41.0 Å². The number of anilines is 1. The molecule has 1 aromatic carbocycles. The zero-order chi connectivity index (χ0) is 24.6. The maximum absolute atomic E-state index is 14.5. The van der Waals surface area contributed by atoms with E-state index in [1.54, 1.807) is 6.92 Å². The number of carbonyl (C=O) groups is 1. The summed E-state index contributed by atoms with van der Waals surface area (Å²) in [6.45, 7) is 1.06. The molecule has 0 spiro atoms. The molecule has 2 aromatic rings. The minimum absolute atomic E-state index is 0.0110. The third-order valence-corrected chi connectivity index (χ3v) is 5.31. The van der Waals surface area contributed by atoms with Crippen LogP contribution in [0.25, 0.3) is 0 Å². The summed E-state index contributed by atoms with van der Waals surface area (Å²) in [6, 6.07) is 2.12. The molecule has 1 amide bonds. The highest BCUT2D eigenvalue weighted by Crippen LogP contribution is 2.32. The molecule has 0 aliphatic carbocycles. The van der Waals surface area contributed by atoms with Crippen molar-refractivity contribution in [2.45, 2.75) is 24.5 Å². The van der Waals surface area contributed by atoms with E-state index in [0.29, 0.717) is 0 Å². The Hall–Kier alpha value is -2.93. The van der Waals surface area contributed by atoms with E-state index >= 15 is 0 Å². The van der Waals surface area contributed by atoms with Crippen LogP contribution in [-0.2, 0) is 11.2 Å². The van der Waals surface area contributed by atoms with E-state index in [0.717, 1.165) is 30.2 Å². The fraction of sp³-hybridized carbons (Fsp3) is 0.400. The van der Waals surface area contributed by atoms with Crippen LogP contribution in [0.3, 0.4) is 0 Å². The third-order valence-electron chi connectivity index (χ3n) is 4.16. The van der Waals surface area contributed by atoms with Crippen LogP contribution >= 0.6 is 11.8 Å². The summed E-state index contributed by atoms with van der Waals surface area (Å²) in [6.07, 6.45) is -0.659. The number of amidine groups is 1. The Labute approximate surface area is 192 Å². The molecule has 8 nitrogen and oxygen atoms in total. The Kier molecular flexibility index (Phi) is 9.41. The van der Waals surface area contributed by atoms with Crippen molar-refractivity contribution in [3.05, 3.63) is 47.4 Å². The van der Waals surface area contributed by atoms with Crippen LogP contribution in [-0.4, -0.2) is 59.6 Å². The molecule has 2 rings (SSSR count). The van der Waals surface area contributed by atoms with Crippen molar-refractivity contribution >= 4 is 28.5 Å². The van der Waals surface area contributed by atoms with Gasteiger partial charge >= 0.3 is 0 Å². The predicted octanol–water partition coefficient (Wildman–Crippen LogP) is 3.28. The minimum Gasteiger partial charge on any atom is -0.470 e. The third kappa shape index (κ3) is 7.86. The van der Waals surface area contributed by atoms with Crippen molar-refractivity contribution in [3.8, 4) is 5.88 Å². The van der Waals surface area contributed by atoms with Gasteiger partial charge in [-0.2, -0.15) is 0 Å². The first-order valence-electron chi connectivity index (χ1n) is 9.49. The quantitative estimate of drug-likeness (QED) is 0.299. The highest BCUT2D eigenvalue weighted by Gasteiger charge is 2.30. The molecule has 0 fully saturated rings. The SMILES string of the molecule is CN=C(N)S[C@@](C)(COC)Cc1cc(NC(=O)c2cnc(OCC(F)F)cn2)cc(F)c1F. The second kappa shape index (κ2) is 11.8. The first-order chi connectivity index (χ1) is 15.6. The van der Waals surface area contributed by atoms with Gasteiger partial charge in [0.2, 0.25) is 5.88 Å². The number of rotatable bonds is 10. The maximum atomic E-state index is 14.5. The number of halogens is 4. The lowest BCUT2D eigenvalue weighted by molar-refractivity contribution is 0.0792. The normalized spacial score (nSPS) is 13.6. The Morgan fingerprint density at radius 1 is 1.30 bits per heavy atom. The van der Waals surface area contributed by atoms with Crippen LogP contribution in [0, 0.1) is 11.6 Å². The highest BCUT2D eigenvalue weighted by atomic mass is 32.2. The number of hydrogen-bond donors (Lipinski definition) is 2. The second-order valence-electron chi connectivity index (χ2n) is 7.05. The lowest BCUT2D eigenvalue weighted by Gasteiger charge is -2.28. The van der Waals surface area contributed by atoms with E-state index in [1.165, 1.54) is 20.2 Å². The molecule has 0 aliphatic heterocycles. The second-order valence-corrected chi connectivity index (χ2v) is 8.66. The molecule has 33 heavy (non-hydrogen) atoms. The molecular weight excluding hydrogens is 466 g/mol. The van der Waals surface area contributed by atoms with Gasteiger partial charge in [-0.1, -0.05) is 11.8 Å². The number of nitrogens with zero attached hydrogens (tertiary/aromatic N) is 3. The number of aliphatic imine (C=N–C) groups is 1. The van der Waals surface area contributed by atoms with Gasteiger partial charge in [0.25, 0.3) is 12.3 Å². The molecule has 0 unspecified atom stereocenters. The van der Waals surface area contributed by atoms with Crippen molar-refractivity contribution in [1.29, 1.82) is 0 Å². The van der Waals surface area contributed by atoms with Crippen molar-refractivity contribution < 1.29 is 31.8 Å². The van der Waals surface area contributed by atoms with Crippen molar-refractivity contribution in [2.75, 3.05) is 32.7 Å². The fourth-order valence-electron chi connectivity index (χ4n) is 2.82. The molecule has 0 bridgehead atoms. The summed E-state index contributed by atoms with van der Waals surface area (Å²) >= 11 is 1.15. The van der Waals surface area contributed by atoms with Gasteiger partial charge in [0.15, 0.2) is 23.4 Å². The van der Waals surface area contributed by atoms with Crippen LogP contribution in [0.15, 0.2) is 29.5 Å². The number of thioether (sulfide) groups is 1. The number of alkyl halides is 2. The van der Waals surface area contributed by atoms with E-state index < -0.39 is 35.3 Å². The van der Waals surface area contributed by atoms with Crippen molar-refractivity contribution in [2.24, 2.45) is 10.7 Å². The Morgan fingerprint density at radius 2 is 2.03 bits per heavy atom. The number of methoxy groups -OCH3 is 1. The van der Waals surface area contributed by atoms with Crippen LogP contribution in [0.4, 0.5) is 23.2 Å². The van der Waals surface area contributed by atoms with E-state index in [2.05, 4.69) is 20.3 Å². The standard InChI is InChI=1S/C20H23F4N5O3S/c1-20(10-31-3,33-19(25)26-2)6-11-4-12(5-13(21)17(11)24)29-18(30)14-7-28-16(8-27-14)32-9-15(22)23/h4-5,7-8,15H,6,9-10H2,1-3H3,(H2,25,26)(H,29,30)/t20-/m1/s1. The molecule has 0 saturated carbocycles. The largest absolute Gasteiger partial charge is 0.470 e. The van der Waals surface area contributed by atoms with Crippen molar-refractivity contribution in [3.63, 3.8) is 0 Å². The molecule has 180 valence electrons. The number of carbonyl (C=O) groups excluding carboxylic acids is 1. The number of aromatic nitrogens is 2. The first kappa shape index (κ1) is 26.3. The van der Waals surface area contributed by atoms with Gasteiger partial charge in [-0.05, 0) is 25.0 Å². The van der Waals surface area contributed by atoms with Gasteiger partial charge in [-0.15, -0.1) is 0 Å². The first-order valence-corrected chi connectivity index (χ1v) is 10.3. The van der Waals surface area contributed by atoms with E-state index in [1.807, 2.05) is 0 Å². The predicted molar refractivity (Wildman–Crippen MR) is 117 cm³/mol. The number of hydrogen-bond acceptors (Lipinski definition) is 7. The summed E-state index contributed by atoms with van der Waals surface area (Å²) in [7, 11) is 2.98. The number of ether oxygens (including phenoxy) is 2. The smallest absolute Gasteiger partial charge is 0.275 e. The lowest BCUT2D eigenvalue weighted by atomic mass is 9.99. The average Bonchev–Trinajstić information content (AvgIpc) is 2.75. The summed E-state index contributed by atoms with van der Waals surface area (Å²) in [4.78, 5) is 23.8. The lowest BCUT2D eigenvalue weighted by Crippen LogP contribution is -2.33. The van der Waals surface area contributed by atoms with Gasteiger partial charge in [0.05, 0.1) is 19.0 Å². The highest BCUT2D eigenvalue weighted by molar-refractivity contribution is 8.15. The van der Waals surface area contributed by atoms with Crippen LogP contribution in [0.2, 0.25) is 0 Å². The van der Waals surface area contributed by atoms with Gasteiger partial charge in [-0.25, -0.2) is 27.5 Å². The van der Waals surface area contributed by atoms with Gasteiger partial charge < -0.3 is 20.5 Å². The number of benzene rings is 1. The topological polar surface area (TPSA) is 112 Å². The molecule has 13 heteroatoms. The number of nitrogens with one attached hydrogen (secondary N) is 1. The number of amides is 1. The van der Waals surface area contributed by atoms with Crippen LogP contribution in [0.5, 0.6) is 5.88 Å². The Morgan fingerprint density at radius 3 is 2.61 bits per heavy atom. The van der Waals surface area contributed by atoms with Crippen LogP contribution in [0.1, 0.15) is 23.0 Å². The molecule has 1 aromatic heterocycles. The Bertz CT molecular complexity index is 994. The minimum atomic E-state index is -2.69. The molecular formula is C20H23F4N5O3S. The fourth-order valence-corrected chi connectivity index (χ4v) is 3.82. The summed E-state index contributed by atoms with van der Waals surface area (Å²) in [5, 5.41) is 2.66. The zero-order valence-corrected chi connectivity index (χ0v) is 18.9. The monoisotopic (exact) mass is 489 g/mol. The molecule has 3 N–H and O–H groups in total. The maximum Gasteiger partial charge on any atom is 0.275 e. The van der Waals surface area contributed by atoms with E-state index in [9.17, 15) is 22.4 Å². The van der Waals surface area contributed by atoms with Gasteiger partial charge in [0.1, 0.15) is 5.69 Å². The van der Waals surface area contributed by atoms with Gasteiger partial charge in [-0.3, -0.25) is 9.79 Å². The van der Waals surface area contributed by atoms with Gasteiger partial charge in [0, 0.05) is 30.7 Å². The summed E-state index contributed by atoms with van der Waals surface area (Å²) in [5.74, 6) is -3.18.